The zero-order chi connectivity index (χ0) is 27.6. The second-order valence-corrected chi connectivity index (χ2v) is 10.1. The molecule has 0 unspecified atom stereocenters. The minimum absolute atomic E-state index is 0.0620. The fourth-order valence-corrected chi connectivity index (χ4v) is 5.00. The Labute approximate surface area is 221 Å². The van der Waals surface area contributed by atoms with Crippen molar-refractivity contribution in [1.29, 1.82) is 0 Å². The van der Waals surface area contributed by atoms with Crippen LogP contribution in [0.3, 0.4) is 0 Å². The van der Waals surface area contributed by atoms with E-state index < -0.39 is 23.0 Å². The van der Waals surface area contributed by atoms with Gasteiger partial charge in [-0.1, -0.05) is 11.2 Å². The maximum Gasteiger partial charge on any atom is 0.283 e. The Balaban J connectivity index is 1.58. The molecule has 200 valence electrons. The third kappa shape index (κ3) is 4.06. The number of amides is 1. The van der Waals surface area contributed by atoms with E-state index in [1.165, 1.54) is 24.3 Å². The molecule has 12 heteroatoms. The summed E-state index contributed by atoms with van der Waals surface area (Å²) in [5, 5.41) is 3.83. The third-order valence-corrected chi connectivity index (χ3v) is 6.71. The van der Waals surface area contributed by atoms with Crippen LogP contribution >= 0.6 is 0 Å². The Hall–Kier alpha value is -4.48. The second-order valence-electron chi connectivity index (χ2n) is 10.1. The fraction of sp³-hybridized carbons (Fsp3) is 0.296. The van der Waals surface area contributed by atoms with Crippen LogP contribution < -0.4 is 4.90 Å². The Morgan fingerprint density at radius 2 is 1.79 bits per heavy atom. The first kappa shape index (κ1) is 24.8. The number of rotatable bonds is 5. The topological polar surface area (TPSA) is 92.7 Å². The Kier molecular flexibility index (Phi) is 5.59. The number of hydrogen-bond acceptors (Lipinski definition) is 7. The van der Waals surface area contributed by atoms with Gasteiger partial charge in [-0.15, -0.1) is 0 Å². The molecule has 6 rings (SSSR count). The molecule has 0 N–H and O–H groups in total. The molecule has 39 heavy (non-hydrogen) atoms. The summed E-state index contributed by atoms with van der Waals surface area (Å²) in [5.41, 5.74) is 0.720. The highest BCUT2D eigenvalue weighted by molar-refractivity contribution is 6.18. The van der Waals surface area contributed by atoms with Crippen LogP contribution in [0.5, 0.6) is 0 Å². The average molecular weight is 536 g/mol. The minimum atomic E-state index is -0.989. The summed E-state index contributed by atoms with van der Waals surface area (Å²) < 4.78 is 49.5. The maximum atomic E-state index is 14.8. The maximum absolute atomic E-state index is 14.8. The van der Waals surface area contributed by atoms with Gasteiger partial charge in [0.2, 0.25) is 17.7 Å². The lowest BCUT2D eigenvalue weighted by Gasteiger charge is -2.34. The quantitative estimate of drug-likeness (QED) is 0.365. The van der Waals surface area contributed by atoms with E-state index in [4.69, 9.17) is 14.5 Å². The largest absolute Gasteiger partial charge is 0.339 e. The van der Waals surface area contributed by atoms with Crippen LogP contribution in [0.1, 0.15) is 42.7 Å². The Morgan fingerprint density at radius 3 is 2.49 bits per heavy atom. The number of aliphatic imine (C=N–C) groups is 1. The number of benzene rings is 2. The van der Waals surface area contributed by atoms with Gasteiger partial charge in [0.05, 0.1) is 24.2 Å². The Morgan fingerprint density at radius 1 is 1.03 bits per heavy atom. The van der Waals surface area contributed by atoms with Gasteiger partial charge in [0.25, 0.3) is 5.91 Å². The SMILES string of the molecule is CCN1C(=O)c2nc(-c3ccc(F)c(-c4noc(C)n4)c3)n(Cc3ccc(F)c(F)c3)c2N2CC(C)(C)N=C12. The monoisotopic (exact) mass is 535 g/mol. The lowest BCUT2D eigenvalue weighted by Crippen LogP contribution is -2.51. The number of fused-ring (bicyclic) bond motifs is 3. The fourth-order valence-electron chi connectivity index (χ4n) is 5.00. The molecule has 1 amide bonds. The van der Waals surface area contributed by atoms with Crippen LogP contribution in [0.4, 0.5) is 19.0 Å². The molecule has 2 aromatic heterocycles. The Bertz CT molecular complexity index is 1670. The summed E-state index contributed by atoms with van der Waals surface area (Å²) in [4.78, 5) is 30.8. The number of anilines is 1. The molecule has 0 fully saturated rings. The zero-order valence-corrected chi connectivity index (χ0v) is 21.7. The molecule has 0 aliphatic carbocycles. The number of hydrogen-bond donors (Lipinski definition) is 0. The minimum Gasteiger partial charge on any atom is -0.339 e. The summed E-state index contributed by atoms with van der Waals surface area (Å²) in [5.74, 6) is -1.18. The highest BCUT2D eigenvalue weighted by Crippen LogP contribution is 2.39. The van der Waals surface area contributed by atoms with Crippen molar-refractivity contribution in [2.75, 3.05) is 18.0 Å². The van der Waals surface area contributed by atoms with Gasteiger partial charge < -0.3 is 9.09 Å². The normalized spacial score (nSPS) is 16.0. The molecule has 2 aliphatic heterocycles. The van der Waals surface area contributed by atoms with Gasteiger partial charge in [-0.3, -0.25) is 14.6 Å². The first-order valence-electron chi connectivity index (χ1n) is 12.4. The van der Waals surface area contributed by atoms with Crippen LogP contribution in [-0.2, 0) is 6.54 Å². The summed E-state index contributed by atoms with van der Waals surface area (Å²) >= 11 is 0. The zero-order valence-electron chi connectivity index (χ0n) is 21.7. The van der Waals surface area contributed by atoms with Crippen LogP contribution in [0, 0.1) is 24.4 Å². The van der Waals surface area contributed by atoms with Crippen molar-refractivity contribution in [3.8, 4) is 22.8 Å². The number of halogens is 3. The van der Waals surface area contributed by atoms with Crippen molar-refractivity contribution < 1.29 is 22.5 Å². The lowest BCUT2D eigenvalue weighted by atomic mass is 10.1. The molecular weight excluding hydrogens is 511 g/mol. The van der Waals surface area contributed by atoms with Crippen molar-refractivity contribution in [3.05, 3.63) is 71.0 Å². The lowest BCUT2D eigenvalue weighted by molar-refractivity contribution is 0.0841. The smallest absolute Gasteiger partial charge is 0.283 e. The van der Waals surface area contributed by atoms with Crippen LogP contribution in [0.2, 0.25) is 0 Å². The van der Waals surface area contributed by atoms with Crippen molar-refractivity contribution in [1.82, 2.24) is 24.6 Å². The predicted octanol–water partition coefficient (Wildman–Crippen LogP) is 4.80. The average Bonchev–Trinajstić information content (AvgIpc) is 3.57. The molecule has 0 spiro atoms. The standard InChI is InChI=1S/C27H24F3N7O2/c1-5-35-25(38)21-24(37-13-27(3,4)33-26(35)37)36(12-15-6-8-19(29)20(30)10-15)23(32-21)16-7-9-18(28)17(11-16)22-31-14(2)39-34-22/h6-11H,5,12-13H2,1-4H3. The van der Waals surface area contributed by atoms with Crippen LogP contribution in [0.25, 0.3) is 22.8 Å². The molecule has 0 saturated heterocycles. The predicted molar refractivity (Wildman–Crippen MR) is 137 cm³/mol. The number of carbonyl (C=O) groups is 1. The van der Waals surface area contributed by atoms with Gasteiger partial charge in [0.1, 0.15) is 17.5 Å². The van der Waals surface area contributed by atoms with E-state index in [9.17, 15) is 18.0 Å². The highest BCUT2D eigenvalue weighted by Gasteiger charge is 2.45. The van der Waals surface area contributed by atoms with E-state index in [1.807, 2.05) is 25.7 Å². The van der Waals surface area contributed by atoms with Gasteiger partial charge in [-0.2, -0.15) is 4.98 Å². The van der Waals surface area contributed by atoms with E-state index in [-0.39, 0.29) is 35.4 Å². The van der Waals surface area contributed by atoms with Crippen molar-refractivity contribution in [2.45, 2.75) is 39.8 Å². The highest BCUT2D eigenvalue weighted by atomic mass is 19.2. The van der Waals surface area contributed by atoms with Crippen molar-refractivity contribution in [3.63, 3.8) is 0 Å². The molecule has 0 bridgehead atoms. The van der Waals surface area contributed by atoms with E-state index >= 15 is 0 Å². The molecule has 2 aromatic carbocycles. The van der Waals surface area contributed by atoms with E-state index in [0.717, 1.165) is 12.1 Å². The molecule has 2 aliphatic rings. The van der Waals surface area contributed by atoms with Gasteiger partial charge >= 0.3 is 0 Å². The van der Waals surface area contributed by atoms with Gasteiger partial charge in [0.15, 0.2) is 17.3 Å². The van der Waals surface area contributed by atoms with Crippen LogP contribution in [0.15, 0.2) is 45.9 Å². The van der Waals surface area contributed by atoms with Crippen molar-refractivity contribution in [2.24, 2.45) is 4.99 Å². The van der Waals surface area contributed by atoms with E-state index in [1.54, 1.807) is 16.4 Å². The second kappa shape index (κ2) is 8.79. The molecule has 4 aromatic rings. The van der Waals surface area contributed by atoms with Gasteiger partial charge in [-0.05, 0) is 56.7 Å². The summed E-state index contributed by atoms with van der Waals surface area (Å²) in [6.07, 6.45) is 0. The molecule has 0 saturated carbocycles. The number of aryl methyl sites for hydroxylation is 1. The number of nitrogens with zero attached hydrogens (tertiary/aromatic N) is 7. The number of aromatic nitrogens is 4. The molecule has 4 heterocycles. The molecule has 0 atom stereocenters. The number of carbonyl (C=O) groups excluding carboxylic acids is 1. The molecular formula is C27H24F3N7O2. The summed E-state index contributed by atoms with van der Waals surface area (Å²) in [6.45, 7) is 8.30. The third-order valence-electron chi connectivity index (χ3n) is 6.71. The summed E-state index contributed by atoms with van der Waals surface area (Å²) in [7, 11) is 0. The van der Waals surface area contributed by atoms with E-state index in [2.05, 4.69) is 10.1 Å². The molecule has 0 radical (unpaired) electrons. The van der Waals surface area contributed by atoms with Gasteiger partial charge in [-0.25, -0.2) is 23.1 Å². The first-order valence-corrected chi connectivity index (χ1v) is 12.4. The van der Waals surface area contributed by atoms with Crippen LogP contribution in [-0.4, -0.2) is 55.1 Å². The summed E-state index contributed by atoms with van der Waals surface area (Å²) in [6, 6.07) is 7.96. The van der Waals surface area contributed by atoms with E-state index in [0.29, 0.717) is 41.8 Å². The number of imidazole rings is 1. The number of guanidine groups is 1. The van der Waals surface area contributed by atoms with Gasteiger partial charge in [0, 0.05) is 19.0 Å². The van der Waals surface area contributed by atoms with Crippen molar-refractivity contribution >= 4 is 17.7 Å². The molecule has 9 nitrogen and oxygen atoms in total. The first-order chi connectivity index (χ1) is 18.6.